The van der Waals surface area contributed by atoms with E-state index in [9.17, 15) is 9.18 Å². The Morgan fingerprint density at radius 2 is 1.95 bits per heavy atom. The van der Waals surface area contributed by atoms with Crippen LogP contribution in [0.3, 0.4) is 0 Å². The van der Waals surface area contributed by atoms with Crippen molar-refractivity contribution in [1.29, 1.82) is 0 Å². The molecule has 2 aromatic carbocycles. The molecule has 21 heavy (non-hydrogen) atoms. The minimum atomic E-state index is -0.396. The van der Waals surface area contributed by atoms with Gasteiger partial charge in [-0.1, -0.05) is 17.7 Å². The van der Waals surface area contributed by atoms with Crippen LogP contribution in [0.2, 0.25) is 5.02 Å². The number of methoxy groups -OCH3 is 1. The average Bonchev–Trinajstić information content (AvgIpc) is 2.46. The molecule has 5 heteroatoms. The van der Waals surface area contributed by atoms with Gasteiger partial charge in [0.15, 0.2) is 17.3 Å². The summed E-state index contributed by atoms with van der Waals surface area (Å²) in [7, 11) is 1.50. The maximum Gasteiger partial charge on any atom is 0.161 e. The summed E-state index contributed by atoms with van der Waals surface area (Å²) < 4.78 is 23.8. The summed E-state index contributed by atoms with van der Waals surface area (Å²) in [5.41, 5.74) is 1.20. The third-order valence-electron chi connectivity index (χ3n) is 2.97. The molecule has 0 heterocycles. The molecule has 0 atom stereocenters. The molecule has 0 amide bonds. The zero-order valence-electron chi connectivity index (χ0n) is 11.7. The van der Waals surface area contributed by atoms with Crippen LogP contribution in [0.1, 0.15) is 22.8 Å². The van der Waals surface area contributed by atoms with Crippen LogP contribution in [0.15, 0.2) is 36.4 Å². The van der Waals surface area contributed by atoms with Gasteiger partial charge in [0, 0.05) is 11.1 Å². The number of ketones is 1. The molecule has 0 spiro atoms. The van der Waals surface area contributed by atoms with Crippen LogP contribution in [-0.2, 0) is 6.61 Å². The summed E-state index contributed by atoms with van der Waals surface area (Å²) in [6, 6.07) is 9.05. The summed E-state index contributed by atoms with van der Waals surface area (Å²) in [6.07, 6.45) is 0. The number of halogens is 2. The van der Waals surface area contributed by atoms with Crippen LogP contribution < -0.4 is 9.47 Å². The molecule has 0 radical (unpaired) electrons. The molecule has 0 bridgehead atoms. The second-order valence-corrected chi connectivity index (χ2v) is 4.85. The van der Waals surface area contributed by atoms with Crippen molar-refractivity contribution < 1.29 is 18.7 Å². The van der Waals surface area contributed by atoms with E-state index in [-0.39, 0.29) is 12.4 Å². The zero-order chi connectivity index (χ0) is 15.4. The number of hydrogen-bond acceptors (Lipinski definition) is 3. The van der Waals surface area contributed by atoms with Gasteiger partial charge < -0.3 is 9.47 Å². The van der Waals surface area contributed by atoms with E-state index in [1.807, 2.05) is 0 Å². The normalized spacial score (nSPS) is 10.3. The van der Waals surface area contributed by atoms with Crippen molar-refractivity contribution >= 4 is 17.4 Å². The molecule has 0 N–H and O–H groups in total. The maximum atomic E-state index is 13.0. The lowest BCUT2D eigenvalue weighted by Crippen LogP contribution is -2.00. The van der Waals surface area contributed by atoms with Crippen molar-refractivity contribution in [3.05, 3.63) is 58.4 Å². The van der Waals surface area contributed by atoms with Crippen LogP contribution in [0, 0.1) is 5.82 Å². The highest BCUT2D eigenvalue weighted by atomic mass is 35.5. The van der Waals surface area contributed by atoms with Crippen LogP contribution in [-0.4, -0.2) is 12.9 Å². The lowest BCUT2D eigenvalue weighted by Gasteiger charge is -2.12. The fraction of sp³-hybridized carbons (Fsp3) is 0.188. The highest BCUT2D eigenvalue weighted by molar-refractivity contribution is 6.31. The third-order valence-corrected chi connectivity index (χ3v) is 3.32. The Bertz CT molecular complexity index is 671. The van der Waals surface area contributed by atoms with Gasteiger partial charge in [-0.2, -0.15) is 0 Å². The molecule has 0 aliphatic carbocycles. The fourth-order valence-electron chi connectivity index (χ4n) is 1.80. The first kappa shape index (κ1) is 15.3. The van der Waals surface area contributed by atoms with Gasteiger partial charge in [-0.3, -0.25) is 4.79 Å². The van der Waals surface area contributed by atoms with Crippen LogP contribution in [0.5, 0.6) is 11.5 Å². The Morgan fingerprint density at radius 1 is 1.19 bits per heavy atom. The van der Waals surface area contributed by atoms with Gasteiger partial charge in [0.1, 0.15) is 12.4 Å². The van der Waals surface area contributed by atoms with Crippen molar-refractivity contribution in [2.24, 2.45) is 0 Å². The van der Waals surface area contributed by atoms with E-state index in [0.717, 1.165) is 0 Å². The Balaban J connectivity index is 2.17. The second kappa shape index (κ2) is 6.59. The third kappa shape index (κ3) is 3.73. The molecule has 110 valence electrons. The summed E-state index contributed by atoms with van der Waals surface area (Å²) in [6.45, 7) is 1.66. The molecule has 0 saturated carbocycles. The van der Waals surface area contributed by atoms with Gasteiger partial charge in [-0.25, -0.2) is 4.39 Å². The molecule has 0 saturated heterocycles. The number of Topliss-reactive ketones (excluding diaryl/α,β-unsaturated/α-hetero) is 1. The lowest BCUT2D eigenvalue weighted by atomic mass is 10.1. The molecule has 0 fully saturated rings. The smallest absolute Gasteiger partial charge is 0.161 e. The van der Waals surface area contributed by atoms with Gasteiger partial charge in [0.2, 0.25) is 0 Å². The number of hydrogen-bond donors (Lipinski definition) is 0. The van der Waals surface area contributed by atoms with Crippen molar-refractivity contribution in [2.75, 3.05) is 7.11 Å². The fourth-order valence-corrected chi connectivity index (χ4v) is 2.02. The Kier molecular flexibility index (Phi) is 4.81. The maximum absolute atomic E-state index is 13.0. The molecule has 0 aliphatic rings. The number of carbonyl (C=O) groups is 1. The van der Waals surface area contributed by atoms with Crippen LogP contribution in [0.4, 0.5) is 4.39 Å². The quantitative estimate of drug-likeness (QED) is 0.774. The molecule has 3 nitrogen and oxygen atoms in total. The highest BCUT2D eigenvalue weighted by Crippen LogP contribution is 2.29. The van der Waals surface area contributed by atoms with Crippen molar-refractivity contribution in [1.82, 2.24) is 0 Å². The summed E-state index contributed by atoms with van der Waals surface area (Å²) >= 11 is 5.94. The SMILES string of the molecule is COc1cc(C(C)=O)ccc1OCc1ccc(F)cc1Cl. The van der Waals surface area contributed by atoms with Crippen molar-refractivity contribution in [3.63, 3.8) is 0 Å². The molecular weight excluding hydrogens is 295 g/mol. The zero-order valence-corrected chi connectivity index (χ0v) is 12.4. The predicted molar refractivity (Wildman–Crippen MR) is 78.7 cm³/mol. The van der Waals surface area contributed by atoms with Crippen LogP contribution >= 0.6 is 11.6 Å². The van der Waals surface area contributed by atoms with Gasteiger partial charge >= 0.3 is 0 Å². The monoisotopic (exact) mass is 308 g/mol. The Morgan fingerprint density at radius 3 is 2.57 bits per heavy atom. The van der Waals surface area contributed by atoms with E-state index in [0.29, 0.717) is 27.6 Å². The van der Waals surface area contributed by atoms with E-state index < -0.39 is 5.82 Å². The number of ether oxygens (including phenoxy) is 2. The van der Waals surface area contributed by atoms with Gasteiger partial charge in [-0.15, -0.1) is 0 Å². The number of benzene rings is 2. The summed E-state index contributed by atoms with van der Waals surface area (Å²) in [4.78, 5) is 11.3. The number of carbonyl (C=O) groups excluding carboxylic acids is 1. The predicted octanol–water partition coefficient (Wildman–Crippen LogP) is 4.27. The first-order valence-electron chi connectivity index (χ1n) is 6.27. The van der Waals surface area contributed by atoms with E-state index in [2.05, 4.69) is 0 Å². The van der Waals surface area contributed by atoms with Gasteiger partial charge in [-0.05, 0) is 37.3 Å². The van der Waals surface area contributed by atoms with Gasteiger partial charge in [0.25, 0.3) is 0 Å². The molecule has 0 aliphatic heterocycles. The average molecular weight is 309 g/mol. The summed E-state index contributed by atoms with van der Waals surface area (Å²) in [5, 5.41) is 0.300. The van der Waals surface area contributed by atoms with Gasteiger partial charge in [0.05, 0.1) is 12.1 Å². The minimum absolute atomic E-state index is 0.0542. The lowest BCUT2D eigenvalue weighted by molar-refractivity contribution is 0.101. The van der Waals surface area contributed by atoms with E-state index in [4.69, 9.17) is 21.1 Å². The standard InChI is InChI=1S/C16H14ClFO3/c1-10(19)11-4-6-15(16(7-11)20-2)21-9-12-3-5-13(18)8-14(12)17/h3-8H,9H2,1-2H3. The molecule has 2 aromatic rings. The summed E-state index contributed by atoms with van der Waals surface area (Å²) in [5.74, 6) is 0.498. The highest BCUT2D eigenvalue weighted by Gasteiger charge is 2.10. The minimum Gasteiger partial charge on any atom is -0.493 e. The van der Waals surface area contributed by atoms with Crippen molar-refractivity contribution in [2.45, 2.75) is 13.5 Å². The van der Waals surface area contributed by atoms with Crippen LogP contribution in [0.25, 0.3) is 0 Å². The molecule has 0 aromatic heterocycles. The van der Waals surface area contributed by atoms with Crippen molar-refractivity contribution in [3.8, 4) is 11.5 Å². The molecular formula is C16H14ClFO3. The first-order chi connectivity index (χ1) is 10.0. The Hall–Kier alpha value is -2.07. The van der Waals surface area contributed by atoms with E-state index in [1.165, 1.54) is 26.2 Å². The first-order valence-corrected chi connectivity index (χ1v) is 6.64. The topological polar surface area (TPSA) is 35.5 Å². The van der Waals surface area contributed by atoms with E-state index >= 15 is 0 Å². The molecule has 2 rings (SSSR count). The molecule has 0 unspecified atom stereocenters. The Labute approximate surface area is 127 Å². The number of rotatable bonds is 5. The largest absolute Gasteiger partial charge is 0.493 e. The second-order valence-electron chi connectivity index (χ2n) is 4.45. The van der Waals surface area contributed by atoms with E-state index in [1.54, 1.807) is 24.3 Å².